The van der Waals surface area contributed by atoms with Gasteiger partial charge in [0.15, 0.2) is 17.5 Å². The molecule has 1 heterocycles. The van der Waals surface area contributed by atoms with Crippen molar-refractivity contribution in [2.45, 2.75) is 32.4 Å². The van der Waals surface area contributed by atoms with E-state index in [1.54, 1.807) is 6.07 Å². The number of hydrogen-bond donors (Lipinski definition) is 3. The van der Waals surface area contributed by atoms with Crippen molar-refractivity contribution in [1.29, 1.82) is 0 Å². The van der Waals surface area contributed by atoms with Gasteiger partial charge in [-0.2, -0.15) is 0 Å². The van der Waals surface area contributed by atoms with Crippen LogP contribution in [0.2, 0.25) is 0 Å². The zero-order chi connectivity index (χ0) is 15.8. The normalized spacial score (nSPS) is 18.3. The molecule has 6 heteroatoms. The molecule has 0 saturated carbocycles. The fourth-order valence-corrected chi connectivity index (χ4v) is 2.38. The molecule has 0 aliphatic carbocycles. The first kappa shape index (κ1) is 16.4. The first-order chi connectivity index (χ1) is 10.7. The second-order valence-corrected chi connectivity index (χ2v) is 5.18. The highest BCUT2D eigenvalue weighted by atomic mass is 16.5. The Kier molecular flexibility index (Phi) is 6.33. The molecule has 0 bridgehead atoms. The fourth-order valence-electron chi connectivity index (χ4n) is 2.38. The smallest absolute Gasteiger partial charge is 0.191 e. The van der Waals surface area contributed by atoms with Gasteiger partial charge in [-0.3, -0.25) is 0 Å². The Balaban J connectivity index is 1.96. The number of nitrogens with zero attached hydrogens (tertiary/aromatic N) is 1. The van der Waals surface area contributed by atoms with E-state index >= 15 is 0 Å². The van der Waals surface area contributed by atoms with Crippen LogP contribution in [0.5, 0.6) is 11.5 Å². The molecule has 1 saturated heterocycles. The number of nitrogens with one attached hydrogen (secondary N) is 2. The van der Waals surface area contributed by atoms with Crippen molar-refractivity contribution in [2.75, 3.05) is 26.8 Å². The summed E-state index contributed by atoms with van der Waals surface area (Å²) in [5.41, 5.74) is 0.730. The first-order valence-electron chi connectivity index (χ1n) is 7.73. The van der Waals surface area contributed by atoms with E-state index in [1.807, 2.05) is 19.1 Å². The molecule has 122 valence electrons. The predicted octanol–water partition coefficient (Wildman–Crippen LogP) is 1.63. The van der Waals surface area contributed by atoms with Gasteiger partial charge in [-0.15, -0.1) is 0 Å². The average Bonchev–Trinajstić information content (AvgIpc) is 3.04. The van der Waals surface area contributed by atoms with Crippen LogP contribution in [0.15, 0.2) is 23.2 Å². The van der Waals surface area contributed by atoms with Crippen LogP contribution >= 0.6 is 0 Å². The Labute approximate surface area is 131 Å². The summed E-state index contributed by atoms with van der Waals surface area (Å²) in [4.78, 5) is 4.50. The van der Waals surface area contributed by atoms with Crippen LogP contribution in [0, 0.1) is 0 Å². The minimum absolute atomic E-state index is 0.142. The molecule has 1 aromatic carbocycles. The van der Waals surface area contributed by atoms with E-state index in [0.29, 0.717) is 12.3 Å². The lowest BCUT2D eigenvalue weighted by atomic mass is 10.2. The molecule has 0 radical (unpaired) electrons. The van der Waals surface area contributed by atoms with Gasteiger partial charge in [0.05, 0.1) is 19.8 Å². The van der Waals surface area contributed by atoms with E-state index in [2.05, 4.69) is 15.6 Å². The van der Waals surface area contributed by atoms with Gasteiger partial charge in [-0.05, 0) is 25.8 Å². The third-order valence-electron chi connectivity index (χ3n) is 3.58. The zero-order valence-corrected chi connectivity index (χ0v) is 13.3. The molecular weight excluding hydrogens is 282 g/mol. The summed E-state index contributed by atoms with van der Waals surface area (Å²) in [7, 11) is 1.54. The van der Waals surface area contributed by atoms with E-state index in [-0.39, 0.29) is 11.9 Å². The minimum Gasteiger partial charge on any atom is -0.504 e. The van der Waals surface area contributed by atoms with Crippen LogP contribution in [-0.2, 0) is 11.3 Å². The van der Waals surface area contributed by atoms with Crippen LogP contribution < -0.4 is 15.4 Å². The molecule has 1 aliphatic heterocycles. The van der Waals surface area contributed by atoms with Crippen molar-refractivity contribution in [3.8, 4) is 11.5 Å². The van der Waals surface area contributed by atoms with E-state index in [1.165, 1.54) is 7.11 Å². The molecule has 6 nitrogen and oxygen atoms in total. The summed E-state index contributed by atoms with van der Waals surface area (Å²) < 4.78 is 10.7. The molecule has 1 fully saturated rings. The van der Waals surface area contributed by atoms with Crippen LogP contribution in [-0.4, -0.2) is 44.0 Å². The topological polar surface area (TPSA) is 75.1 Å². The molecule has 1 aromatic rings. The summed E-state index contributed by atoms with van der Waals surface area (Å²) >= 11 is 0. The number of guanidine groups is 1. The Morgan fingerprint density at radius 1 is 1.45 bits per heavy atom. The van der Waals surface area contributed by atoms with Gasteiger partial charge in [0, 0.05) is 25.3 Å². The molecule has 0 aromatic heterocycles. The van der Waals surface area contributed by atoms with Gasteiger partial charge in [0.2, 0.25) is 0 Å². The van der Waals surface area contributed by atoms with E-state index in [4.69, 9.17) is 9.47 Å². The van der Waals surface area contributed by atoms with Crippen LogP contribution in [0.4, 0.5) is 0 Å². The third kappa shape index (κ3) is 4.53. The molecule has 0 spiro atoms. The van der Waals surface area contributed by atoms with E-state index < -0.39 is 0 Å². The van der Waals surface area contributed by atoms with Gasteiger partial charge in [-0.25, -0.2) is 4.99 Å². The first-order valence-corrected chi connectivity index (χ1v) is 7.73. The number of hydrogen-bond acceptors (Lipinski definition) is 4. The highest BCUT2D eigenvalue weighted by molar-refractivity contribution is 5.79. The minimum atomic E-state index is 0.142. The highest BCUT2D eigenvalue weighted by Gasteiger charge is 2.15. The lowest BCUT2D eigenvalue weighted by Crippen LogP contribution is -2.41. The largest absolute Gasteiger partial charge is 0.504 e. The van der Waals surface area contributed by atoms with Crippen molar-refractivity contribution in [2.24, 2.45) is 4.99 Å². The van der Waals surface area contributed by atoms with Crippen molar-refractivity contribution >= 4 is 5.96 Å². The summed E-state index contributed by atoms with van der Waals surface area (Å²) in [6.07, 6.45) is 2.47. The monoisotopic (exact) mass is 307 g/mol. The SMILES string of the molecule is CCNC(=NCc1cccc(OC)c1O)NCC1CCCO1. The van der Waals surface area contributed by atoms with Gasteiger partial charge < -0.3 is 25.2 Å². The van der Waals surface area contributed by atoms with Crippen LogP contribution in [0.3, 0.4) is 0 Å². The second-order valence-electron chi connectivity index (χ2n) is 5.18. The number of benzene rings is 1. The Morgan fingerprint density at radius 2 is 2.32 bits per heavy atom. The van der Waals surface area contributed by atoms with Gasteiger partial charge in [0.1, 0.15) is 0 Å². The molecule has 1 atom stereocenters. The number of rotatable bonds is 6. The van der Waals surface area contributed by atoms with Crippen molar-refractivity contribution in [3.63, 3.8) is 0 Å². The van der Waals surface area contributed by atoms with E-state index in [9.17, 15) is 5.11 Å². The molecule has 1 aliphatic rings. The summed E-state index contributed by atoms with van der Waals surface area (Å²) in [6.45, 7) is 4.77. The Hall–Kier alpha value is -1.95. The third-order valence-corrected chi connectivity index (χ3v) is 3.58. The molecule has 1 unspecified atom stereocenters. The van der Waals surface area contributed by atoms with Gasteiger partial charge >= 0.3 is 0 Å². The number of phenolic OH excluding ortho intramolecular Hbond substituents is 1. The maximum atomic E-state index is 10.1. The molecule has 3 N–H and O–H groups in total. The molecule has 0 amide bonds. The highest BCUT2D eigenvalue weighted by Crippen LogP contribution is 2.29. The maximum Gasteiger partial charge on any atom is 0.191 e. The van der Waals surface area contributed by atoms with Gasteiger partial charge in [0.25, 0.3) is 0 Å². The second kappa shape index (κ2) is 8.48. The maximum absolute atomic E-state index is 10.1. The molecule has 22 heavy (non-hydrogen) atoms. The van der Waals surface area contributed by atoms with Crippen molar-refractivity contribution in [1.82, 2.24) is 10.6 Å². The number of aromatic hydroxyl groups is 1. The standard InChI is InChI=1S/C16H25N3O3/c1-3-17-16(19-11-13-7-5-9-22-13)18-10-12-6-4-8-14(21-2)15(12)20/h4,6,8,13,20H,3,5,7,9-11H2,1-2H3,(H2,17,18,19). The summed E-state index contributed by atoms with van der Waals surface area (Å²) in [6, 6.07) is 5.41. The molecule has 2 rings (SSSR count). The van der Waals surface area contributed by atoms with Crippen molar-refractivity contribution in [3.05, 3.63) is 23.8 Å². The number of aliphatic imine (C=N–C) groups is 1. The van der Waals surface area contributed by atoms with Crippen molar-refractivity contribution < 1.29 is 14.6 Å². The van der Waals surface area contributed by atoms with Crippen LogP contribution in [0.25, 0.3) is 0 Å². The summed E-state index contributed by atoms with van der Waals surface area (Å²) in [5.74, 6) is 1.33. The number of para-hydroxylation sites is 1. The quantitative estimate of drug-likeness (QED) is 0.550. The zero-order valence-electron chi connectivity index (χ0n) is 13.3. The number of methoxy groups -OCH3 is 1. The molecular formula is C16H25N3O3. The predicted molar refractivity (Wildman–Crippen MR) is 86.5 cm³/mol. The Bertz CT molecular complexity index is 499. The van der Waals surface area contributed by atoms with Gasteiger partial charge in [-0.1, -0.05) is 12.1 Å². The number of ether oxygens (including phenoxy) is 2. The lowest BCUT2D eigenvalue weighted by molar-refractivity contribution is 0.114. The fraction of sp³-hybridized carbons (Fsp3) is 0.562. The lowest BCUT2D eigenvalue weighted by Gasteiger charge is -2.15. The van der Waals surface area contributed by atoms with Crippen LogP contribution in [0.1, 0.15) is 25.3 Å². The summed E-state index contributed by atoms with van der Waals surface area (Å²) in [5, 5.41) is 16.6. The number of phenols is 1. The van der Waals surface area contributed by atoms with E-state index in [0.717, 1.165) is 44.1 Å². The average molecular weight is 307 g/mol. The Morgan fingerprint density at radius 3 is 3.00 bits per heavy atom.